The monoisotopic (exact) mass is 231 g/mol. The Balaban J connectivity index is 2.52. The fourth-order valence-electron chi connectivity index (χ4n) is 1.57. The maximum absolute atomic E-state index is 11.7. The molecule has 3 heteroatoms. The Hall–Kier alpha value is -1.95. The van der Waals surface area contributed by atoms with Gasteiger partial charge in [-0.2, -0.15) is 0 Å². The molecule has 0 aliphatic rings. The number of nitrogens with one attached hydrogen (secondary N) is 1. The van der Waals surface area contributed by atoms with Crippen LogP contribution in [0, 0.1) is 12.3 Å². The Morgan fingerprint density at radius 1 is 1.59 bits per heavy atom. The molecule has 0 saturated carbocycles. The van der Waals surface area contributed by atoms with E-state index in [2.05, 4.69) is 11.2 Å². The number of phenols is 1. The molecule has 1 unspecified atom stereocenters. The normalized spacial score (nSPS) is 11.5. The van der Waals surface area contributed by atoms with Gasteiger partial charge in [-0.05, 0) is 24.1 Å². The number of rotatable bonds is 5. The minimum absolute atomic E-state index is 0.0322. The Kier molecular flexibility index (Phi) is 5.09. The molecule has 0 saturated heterocycles. The number of hydrogen-bond acceptors (Lipinski definition) is 2. The number of terminal acetylenes is 1. The lowest BCUT2D eigenvalue weighted by molar-refractivity contribution is -0.121. The molecule has 1 atom stereocenters. The van der Waals surface area contributed by atoms with Gasteiger partial charge >= 0.3 is 0 Å². The van der Waals surface area contributed by atoms with Crippen LogP contribution in [-0.2, 0) is 11.2 Å². The number of carbonyl (C=O) groups excluding carboxylic acids is 1. The summed E-state index contributed by atoms with van der Waals surface area (Å²) in [5.74, 6) is 2.64. The van der Waals surface area contributed by atoms with Crippen LogP contribution in [0.15, 0.2) is 24.3 Å². The Morgan fingerprint density at radius 3 is 2.94 bits per heavy atom. The largest absolute Gasteiger partial charge is 0.508 e. The summed E-state index contributed by atoms with van der Waals surface area (Å²) in [6.45, 7) is 1.98. The van der Waals surface area contributed by atoms with Crippen LogP contribution in [0.2, 0.25) is 0 Å². The summed E-state index contributed by atoms with van der Waals surface area (Å²) in [6.07, 6.45) is 6.84. The first-order chi connectivity index (χ1) is 8.15. The first-order valence-corrected chi connectivity index (χ1v) is 5.66. The lowest BCUT2D eigenvalue weighted by Gasteiger charge is -2.14. The lowest BCUT2D eigenvalue weighted by Crippen LogP contribution is -2.35. The molecule has 0 aliphatic carbocycles. The molecular weight excluding hydrogens is 214 g/mol. The van der Waals surface area contributed by atoms with E-state index in [0.717, 1.165) is 12.0 Å². The van der Waals surface area contributed by atoms with Crippen LogP contribution in [0.5, 0.6) is 5.75 Å². The molecule has 0 fully saturated rings. The Morgan fingerprint density at radius 2 is 2.35 bits per heavy atom. The number of aromatic hydroxyl groups is 1. The van der Waals surface area contributed by atoms with E-state index in [0.29, 0.717) is 6.42 Å². The Labute approximate surface area is 102 Å². The summed E-state index contributed by atoms with van der Waals surface area (Å²) in [5.41, 5.74) is 0.790. The number of benzene rings is 1. The molecule has 90 valence electrons. The van der Waals surface area contributed by atoms with Crippen molar-refractivity contribution in [3.8, 4) is 18.1 Å². The van der Waals surface area contributed by atoms with Crippen molar-refractivity contribution in [2.45, 2.75) is 32.2 Å². The molecule has 0 radical (unpaired) electrons. The molecular formula is C14H17NO2. The molecule has 1 aromatic carbocycles. The van der Waals surface area contributed by atoms with Crippen LogP contribution in [0.25, 0.3) is 0 Å². The smallest absolute Gasteiger partial charge is 0.224 e. The molecule has 0 heterocycles. The van der Waals surface area contributed by atoms with Crippen LogP contribution in [0.1, 0.15) is 25.3 Å². The van der Waals surface area contributed by atoms with Crippen molar-refractivity contribution >= 4 is 5.91 Å². The van der Waals surface area contributed by atoms with E-state index in [1.165, 1.54) is 0 Å². The molecule has 1 amide bonds. The van der Waals surface area contributed by atoms with Crippen LogP contribution < -0.4 is 5.32 Å². The van der Waals surface area contributed by atoms with Crippen LogP contribution in [0.4, 0.5) is 0 Å². The maximum atomic E-state index is 11.7. The molecule has 1 rings (SSSR count). The first-order valence-electron chi connectivity index (χ1n) is 5.66. The summed E-state index contributed by atoms with van der Waals surface area (Å²) in [7, 11) is 0. The standard InChI is InChI=1S/C14H17NO2/c1-3-6-12(4-2)15-14(17)10-11-7-5-8-13(16)9-11/h1,5,7-9,12,16H,4,6,10H2,2H3,(H,15,17). The van der Waals surface area contributed by atoms with Gasteiger partial charge in [-0.3, -0.25) is 4.79 Å². The molecule has 3 nitrogen and oxygen atoms in total. The molecule has 1 aromatic rings. The second-order valence-electron chi connectivity index (χ2n) is 3.93. The lowest BCUT2D eigenvalue weighted by atomic mass is 10.1. The third kappa shape index (κ3) is 4.60. The summed E-state index contributed by atoms with van der Waals surface area (Å²) < 4.78 is 0. The predicted octanol–water partition coefficient (Wildman–Crippen LogP) is 1.85. The van der Waals surface area contributed by atoms with Gasteiger partial charge in [0, 0.05) is 12.5 Å². The van der Waals surface area contributed by atoms with Crippen LogP contribution in [0.3, 0.4) is 0 Å². The third-order valence-electron chi connectivity index (χ3n) is 2.50. The van der Waals surface area contributed by atoms with E-state index in [1.54, 1.807) is 24.3 Å². The van der Waals surface area contributed by atoms with Crippen molar-refractivity contribution in [1.82, 2.24) is 5.32 Å². The summed E-state index contributed by atoms with van der Waals surface area (Å²) >= 11 is 0. The fourth-order valence-corrected chi connectivity index (χ4v) is 1.57. The summed E-state index contributed by atoms with van der Waals surface area (Å²) in [4.78, 5) is 11.7. The zero-order chi connectivity index (χ0) is 12.7. The van der Waals surface area contributed by atoms with Gasteiger partial charge in [0.15, 0.2) is 0 Å². The van der Waals surface area contributed by atoms with Crippen LogP contribution in [-0.4, -0.2) is 17.1 Å². The number of phenolic OH excluding ortho intramolecular Hbond substituents is 1. The highest BCUT2D eigenvalue weighted by atomic mass is 16.3. The average Bonchev–Trinajstić information content (AvgIpc) is 2.28. The number of hydrogen-bond donors (Lipinski definition) is 2. The summed E-state index contributed by atoms with van der Waals surface area (Å²) in [5, 5.41) is 12.2. The quantitative estimate of drug-likeness (QED) is 0.760. The van der Waals surface area contributed by atoms with Gasteiger partial charge in [-0.15, -0.1) is 12.3 Å². The third-order valence-corrected chi connectivity index (χ3v) is 2.50. The van der Waals surface area contributed by atoms with E-state index in [9.17, 15) is 9.90 Å². The van der Waals surface area contributed by atoms with Crippen molar-refractivity contribution in [3.63, 3.8) is 0 Å². The van der Waals surface area contributed by atoms with E-state index >= 15 is 0 Å². The Bertz CT molecular complexity index is 420. The van der Waals surface area contributed by atoms with Gasteiger partial charge in [-0.25, -0.2) is 0 Å². The minimum Gasteiger partial charge on any atom is -0.508 e. The molecule has 0 aliphatic heterocycles. The average molecular weight is 231 g/mol. The highest BCUT2D eigenvalue weighted by Crippen LogP contribution is 2.11. The second-order valence-corrected chi connectivity index (χ2v) is 3.93. The highest BCUT2D eigenvalue weighted by molar-refractivity contribution is 5.79. The summed E-state index contributed by atoms with van der Waals surface area (Å²) in [6, 6.07) is 6.72. The number of carbonyl (C=O) groups is 1. The molecule has 17 heavy (non-hydrogen) atoms. The van der Waals surface area contributed by atoms with E-state index < -0.39 is 0 Å². The predicted molar refractivity (Wildman–Crippen MR) is 67.5 cm³/mol. The van der Waals surface area contributed by atoms with Gasteiger partial charge in [0.1, 0.15) is 5.75 Å². The van der Waals surface area contributed by atoms with E-state index in [1.807, 2.05) is 6.92 Å². The topological polar surface area (TPSA) is 49.3 Å². The molecule has 0 aromatic heterocycles. The molecule has 2 N–H and O–H groups in total. The van der Waals surface area contributed by atoms with Gasteiger partial charge in [0.05, 0.1) is 6.42 Å². The highest BCUT2D eigenvalue weighted by Gasteiger charge is 2.09. The fraction of sp³-hybridized carbons (Fsp3) is 0.357. The van der Waals surface area contributed by atoms with E-state index in [4.69, 9.17) is 6.42 Å². The van der Waals surface area contributed by atoms with Crippen molar-refractivity contribution in [2.24, 2.45) is 0 Å². The zero-order valence-corrected chi connectivity index (χ0v) is 9.94. The number of amides is 1. The second kappa shape index (κ2) is 6.59. The SMILES string of the molecule is C#CCC(CC)NC(=O)Cc1cccc(O)c1. The minimum atomic E-state index is -0.0716. The van der Waals surface area contributed by atoms with Gasteiger partial charge in [0.25, 0.3) is 0 Å². The molecule has 0 spiro atoms. The maximum Gasteiger partial charge on any atom is 0.224 e. The van der Waals surface area contributed by atoms with Gasteiger partial charge < -0.3 is 10.4 Å². The van der Waals surface area contributed by atoms with Crippen LogP contribution >= 0.6 is 0 Å². The van der Waals surface area contributed by atoms with Gasteiger partial charge in [0.2, 0.25) is 5.91 Å². The van der Waals surface area contributed by atoms with Gasteiger partial charge in [-0.1, -0.05) is 19.1 Å². The molecule has 0 bridgehead atoms. The van der Waals surface area contributed by atoms with Crippen molar-refractivity contribution in [2.75, 3.05) is 0 Å². The van der Waals surface area contributed by atoms with E-state index in [-0.39, 0.29) is 24.1 Å². The zero-order valence-electron chi connectivity index (χ0n) is 9.94. The van der Waals surface area contributed by atoms with Crippen molar-refractivity contribution < 1.29 is 9.90 Å². The van der Waals surface area contributed by atoms with Crippen molar-refractivity contribution in [3.05, 3.63) is 29.8 Å². The first kappa shape index (κ1) is 13.1. The van der Waals surface area contributed by atoms with Crippen molar-refractivity contribution in [1.29, 1.82) is 0 Å².